The molecular weight excluding hydrogens is 222 g/mol. The average Bonchev–Trinajstić information content (AvgIpc) is 2.87. The molecule has 0 amide bonds. The third-order valence-corrected chi connectivity index (χ3v) is 3.07. The molecule has 0 atom stereocenters. The largest absolute Gasteiger partial charge is 0.440 e. The molecule has 2 heteroatoms. The molecule has 0 saturated heterocycles. The first-order valence-corrected chi connectivity index (χ1v) is 6.19. The van der Waals surface area contributed by atoms with Gasteiger partial charge in [0.1, 0.15) is 0 Å². The maximum atomic E-state index is 5.83. The summed E-state index contributed by atoms with van der Waals surface area (Å²) in [5, 5.41) is 2.42. The van der Waals surface area contributed by atoms with Crippen molar-refractivity contribution >= 4 is 10.8 Å². The molecule has 0 bridgehead atoms. The van der Waals surface area contributed by atoms with Crippen molar-refractivity contribution in [3.8, 4) is 11.3 Å². The van der Waals surface area contributed by atoms with Crippen LogP contribution in [0.3, 0.4) is 0 Å². The van der Waals surface area contributed by atoms with Gasteiger partial charge >= 0.3 is 0 Å². The van der Waals surface area contributed by atoms with E-state index in [0.29, 0.717) is 5.92 Å². The van der Waals surface area contributed by atoms with E-state index >= 15 is 0 Å². The van der Waals surface area contributed by atoms with E-state index in [0.717, 1.165) is 17.2 Å². The van der Waals surface area contributed by atoms with Gasteiger partial charge in [0, 0.05) is 11.5 Å². The van der Waals surface area contributed by atoms with Crippen LogP contribution in [0, 0.1) is 0 Å². The van der Waals surface area contributed by atoms with Gasteiger partial charge < -0.3 is 4.42 Å². The van der Waals surface area contributed by atoms with Crippen LogP contribution < -0.4 is 0 Å². The van der Waals surface area contributed by atoms with Crippen LogP contribution in [0.15, 0.2) is 53.1 Å². The van der Waals surface area contributed by atoms with Gasteiger partial charge in [-0.1, -0.05) is 56.3 Å². The Bertz CT molecular complexity index is 677. The molecule has 0 aliphatic carbocycles. The van der Waals surface area contributed by atoms with E-state index in [1.807, 2.05) is 18.3 Å². The maximum absolute atomic E-state index is 5.83. The van der Waals surface area contributed by atoms with Crippen LogP contribution in [0.4, 0.5) is 0 Å². The highest BCUT2D eigenvalue weighted by Gasteiger charge is 2.11. The second-order valence-corrected chi connectivity index (χ2v) is 4.74. The molecule has 3 rings (SSSR count). The molecule has 0 fully saturated rings. The summed E-state index contributed by atoms with van der Waals surface area (Å²) >= 11 is 0. The Morgan fingerprint density at radius 1 is 1.00 bits per heavy atom. The summed E-state index contributed by atoms with van der Waals surface area (Å²) in [5.41, 5.74) is 1.10. The standard InChI is InChI=1S/C16H15NO/c1-11(2)16-17-10-15(18-16)14-9-5-7-12-6-3-4-8-13(12)14/h3-11H,1-2H3. The second-order valence-electron chi connectivity index (χ2n) is 4.74. The first-order chi connectivity index (χ1) is 8.75. The molecule has 90 valence electrons. The number of fused-ring (bicyclic) bond motifs is 1. The molecule has 1 aromatic heterocycles. The highest BCUT2D eigenvalue weighted by Crippen LogP contribution is 2.30. The lowest BCUT2D eigenvalue weighted by Crippen LogP contribution is -1.84. The summed E-state index contributed by atoms with van der Waals surface area (Å²) in [4.78, 5) is 4.33. The van der Waals surface area contributed by atoms with Crippen LogP contribution >= 0.6 is 0 Å². The Morgan fingerprint density at radius 2 is 1.78 bits per heavy atom. The zero-order valence-electron chi connectivity index (χ0n) is 10.6. The van der Waals surface area contributed by atoms with E-state index < -0.39 is 0 Å². The summed E-state index contributed by atoms with van der Waals surface area (Å²) < 4.78 is 5.83. The highest BCUT2D eigenvalue weighted by molar-refractivity contribution is 5.95. The molecule has 1 heterocycles. The molecule has 3 aromatic rings. The third-order valence-electron chi connectivity index (χ3n) is 3.07. The fourth-order valence-corrected chi connectivity index (χ4v) is 2.12. The first-order valence-electron chi connectivity index (χ1n) is 6.19. The quantitative estimate of drug-likeness (QED) is 0.650. The number of hydrogen-bond acceptors (Lipinski definition) is 2. The van der Waals surface area contributed by atoms with Gasteiger partial charge in [-0.2, -0.15) is 0 Å². The molecular formula is C16H15NO. The minimum Gasteiger partial charge on any atom is -0.440 e. The molecule has 0 saturated carbocycles. The van der Waals surface area contributed by atoms with E-state index in [4.69, 9.17) is 4.42 Å². The Labute approximate surface area is 106 Å². The lowest BCUT2D eigenvalue weighted by atomic mass is 10.0. The summed E-state index contributed by atoms with van der Waals surface area (Å²) in [7, 11) is 0. The molecule has 0 aliphatic heterocycles. The van der Waals surface area contributed by atoms with Gasteiger partial charge in [-0.3, -0.25) is 0 Å². The van der Waals surface area contributed by atoms with Crippen molar-refractivity contribution in [1.29, 1.82) is 0 Å². The zero-order chi connectivity index (χ0) is 12.5. The minimum absolute atomic E-state index is 0.314. The van der Waals surface area contributed by atoms with Gasteiger partial charge in [-0.25, -0.2) is 4.98 Å². The zero-order valence-corrected chi connectivity index (χ0v) is 10.6. The normalized spacial score (nSPS) is 11.3. The smallest absolute Gasteiger partial charge is 0.197 e. The Kier molecular flexibility index (Phi) is 2.63. The van der Waals surface area contributed by atoms with Crippen LogP contribution in [-0.2, 0) is 0 Å². The van der Waals surface area contributed by atoms with Gasteiger partial charge in [-0.15, -0.1) is 0 Å². The van der Waals surface area contributed by atoms with E-state index in [-0.39, 0.29) is 0 Å². The molecule has 2 aromatic carbocycles. The SMILES string of the molecule is CC(C)c1ncc(-c2cccc3ccccc23)o1. The van der Waals surface area contributed by atoms with Gasteiger partial charge in [0.2, 0.25) is 0 Å². The Balaban J connectivity index is 2.18. The number of rotatable bonds is 2. The van der Waals surface area contributed by atoms with E-state index in [2.05, 4.69) is 49.2 Å². The van der Waals surface area contributed by atoms with Crippen molar-refractivity contribution in [3.05, 3.63) is 54.6 Å². The molecule has 2 nitrogen and oxygen atoms in total. The monoisotopic (exact) mass is 237 g/mol. The Morgan fingerprint density at radius 3 is 2.56 bits per heavy atom. The predicted molar refractivity (Wildman–Crippen MR) is 73.5 cm³/mol. The van der Waals surface area contributed by atoms with E-state index in [1.165, 1.54) is 10.8 Å². The number of benzene rings is 2. The molecule has 0 unspecified atom stereocenters. The number of hydrogen-bond donors (Lipinski definition) is 0. The van der Waals surface area contributed by atoms with E-state index in [1.54, 1.807) is 0 Å². The highest BCUT2D eigenvalue weighted by atomic mass is 16.4. The van der Waals surface area contributed by atoms with Crippen LogP contribution in [0.2, 0.25) is 0 Å². The van der Waals surface area contributed by atoms with Crippen molar-refractivity contribution in [2.24, 2.45) is 0 Å². The van der Waals surface area contributed by atoms with Crippen molar-refractivity contribution in [1.82, 2.24) is 4.98 Å². The summed E-state index contributed by atoms with van der Waals surface area (Å²) in [6.07, 6.45) is 1.82. The first kappa shape index (κ1) is 11.0. The van der Waals surface area contributed by atoms with Crippen molar-refractivity contribution < 1.29 is 4.42 Å². The number of oxazole rings is 1. The topological polar surface area (TPSA) is 26.0 Å². The van der Waals surface area contributed by atoms with Gasteiger partial charge in [0.15, 0.2) is 11.7 Å². The lowest BCUT2D eigenvalue weighted by molar-refractivity contribution is 0.481. The van der Waals surface area contributed by atoms with Crippen molar-refractivity contribution in [3.63, 3.8) is 0 Å². The van der Waals surface area contributed by atoms with Crippen LogP contribution in [0.5, 0.6) is 0 Å². The maximum Gasteiger partial charge on any atom is 0.197 e. The van der Waals surface area contributed by atoms with E-state index in [9.17, 15) is 0 Å². The molecule has 0 spiro atoms. The lowest BCUT2D eigenvalue weighted by Gasteiger charge is -2.03. The fraction of sp³-hybridized carbons (Fsp3) is 0.188. The molecule has 0 radical (unpaired) electrons. The third kappa shape index (κ3) is 1.80. The summed E-state index contributed by atoms with van der Waals surface area (Å²) in [6, 6.07) is 14.6. The number of aromatic nitrogens is 1. The average molecular weight is 237 g/mol. The molecule has 0 aliphatic rings. The van der Waals surface area contributed by atoms with Gasteiger partial charge in [-0.05, 0) is 10.8 Å². The summed E-state index contributed by atoms with van der Waals surface area (Å²) in [5.74, 6) is 1.95. The van der Waals surface area contributed by atoms with Gasteiger partial charge in [0.25, 0.3) is 0 Å². The number of nitrogens with zero attached hydrogens (tertiary/aromatic N) is 1. The van der Waals surface area contributed by atoms with Crippen LogP contribution in [0.1, 0.15) is 25.7 Å². The van der Waals surface area contributed by atoms with Crippen LogP contribution in [0.25, 0.3) is 22.1 Å². The molecule has 18 heavy (non-hydrogen) atoms. The van der Waals surface area contributed by atoms with Crippen molar-refractivity contribution in [2.75, 3.05) is 0 Å². The van der Waals surface area contributed by atoms with Crippen LogP contribution in [-0.4, -0.2) is 4.98 Å². The van der Waals surface area contributed by atoms with Gasteiger partial charge in [0.05, 0.1) is 6.20 Å². The summed E-state index contributed by atoms with van der Waals surface area (Å²) in [6.45, 7) is 4.16. The minimum atomic E-state index is 0.314. The fourth-order valence-electron chi connectivity index (χ4n) is 2.12. The second kappa shape index (κ2) is 4.30. The van der Waals surface area contributed by atoms with Crippen molar-refractivity contribution in [2.45, 2.75) is 19.8 Å². The molecule has 0 N–H and O–H groups in total. The predicted octanol–water partition coefficient (Wildman–Crippen LogP) is 4.62. The Hall–Kier alpha value is -2.09.